The lowest BCUT2D eigenvalue weighted by atomic mass is 9.92. The average Bonchev–Trinajstić information content (AvgIpc) is 2.70. The van der Waals surface area contributed by atoms with Crippen LogP contribution in [0.3, 0.4) is 0 Å². The number of carbonyl (C=O) groups is 1. The van der Waals surface area contributed by atoms with E-state index in [0.29, 0.717) is 11.4 Å². The molecule has 0 fully saturated rings. The van der Waals surface area contributed by atoms with Gasteiger partial charge < -0.3 is 10.4 Å². The number of hydrogen-bond donors (Lipinski definition) is 2. The maximum atomic E-state index is 11.0. The van der Waals surface area contributed by atoms with Crippen molar-refractivity contribution in [2.75, 3.05) is 13.1 Å². The summed E-state index contributed by atoms with van der Waals surface area (Å²) in [7, 11) is 0. The van der Waals surface area contributed by atoms with Crippen LogP contribution in [0.1, 0.15) is 0 Å². The number of aliphatic carboxylic acids is 1. The van der Waals surface area contributed by atoms with Gasteiger partial charge in [0.25, 0.3) is 0 Å². The van der Waals surface area contributed by atoms with Crippen LogP contribution in [0.2, 0.25) is 0 Å². The minimum absolute atomic E-state index is 0.281. The zero-order valence-electron chi connectivity index (χ0n) is 7.93. The van der Waals surface area contributed by atoms with Crippen LogP contribution in [0.15, 0.2) is 28.8 Å². The summed E-state index contributed by atoms with van der Waals surface area (Å²) < 4.78 is 0. The zero-order valence-corrected chi connectivity index (χ0v) is 8.75. The number of allylic oxidation sites excluding steroid dienone is 2. The Kier molecular flexibility index (Phi) is 2.64. The SMILES string of the molecule is O=C(O)C1=CC(=S)C=CC1C1=NCCN1. The summed E-state index contributed by atoms with van der Waals surface area (Å²) in [5.74, 6) is -0.498. The van der Waals surface area contributed by atoms with Crippen LogP contribution in [0, 0.1) is 5.92 Å². The summed E-state index contributed by atoms with van der Waals surface area (Å²) in [5, 5.41) is 12.1. The maximum Gasteiger partial charge on any atom is 0.332 e. The first-order valence-corrected chi connectivity index (χ1v) is 5.04. The molecule has 2 aliphatic rings. The van der Waals surface area contributed by atoms with Gasteiger partial charge in [0.05, 0.1) is 18.0 Å². The molecule has 0 bridgehead atoms. The van der Waals surface area contributed by atoms with E-state index in [1.165, 1.54) is 6.08 Å². The molecule has 1 heterocycles. The van der Waals surface area contributed by atoms with Crippen LogP contribution in [-0.2, 0) is 4.79 Å². The predicted octanol–water partition coefficient (Wildman–Crippen LogP) is 0.555. The van der Waals surface area contributed by atoms with E-state index in [1.807, 2.05) is 0 Å². The van der Waals surface area contributed by atoms with Gasteiger partial charge in [0, 0.05) is 11.4 Å². The Hall–Kier alpha value is -1.49. The Bertz CT molecular complexity index is 410. The molecule has 1 unspecified atom stereocenters. The number of thiocarbonyl (C=S) groups is 1. The van der Waals surface area contributed by atoms with E-state index in [1.54, 1.807) is 12.2 Å². The lowest BCUT2D eigenvalue weighted by Crippen LogP contribution is -2.31. The molecule has 0 radical (unpaired) electrons. The normalized spacial score (nSPS) is 24.5. The minimum atomic E-state index is -0.942. The molecule has 78 valence electrons. The Morgan fingerprint density at radius 3 is 3.07 bits per heavy atom. The van der Waals surface area contributed by atoms with E-state index in [2.05, 4.69) is 10.3 Å². The molecule has 15 heavy (non-hydrogen) atoms. The zero-order chi connectivity index (χ0) is 10.8. The van der Waals surface area contributed by atoms with Crippen molar-refractivity contribution < 1.29 is 9.90 Å². The summed E-state index contributed by atoms with van der Waals surface area (Å²) >= 11 is 4.94. The Labute approximate surface area is 92.4 Å². The molecule has 4 nitrogen and oxygen atoms in total. The van der Waals surface area contributed by atoms with E-state index in [0.717, 1.165) is 12.4 Å². The Morgan fingerprint density at radius 2 is 2.47 bits per heavy atom. The number of carboxylic acids is 1. The maximum absolute atomic E-state index is 11.0. The fraction of sp³-hybridized carbons (Fsp3) is 0.300. The molecular weight excluding hydrogens is 212 g/mol. The second-order valence-electron chi connectivity index (χ2n) is 3.34. The third kappa shape index (κ3) is 1.97. The van der Waals surface area contributed by atoms with Crippen molar-refractivity contribution in [1.29, 1.82) is 0 Å². The fourth-order valence-corrected chi connectivity index (χ4v) is 1.85. The van der Waals surface area contributed by atoms with Gasteiger partial charge in [-0.2, -0.15) is 0 Å². The van der Waals surface area contributed by atoms with E-state index >= 15 is 0 Å². The molecule has 2 rings (SSSR count). The number of hydrogen-bond acceptors (Lipinski definition) is 4. The Morgan fingerprint density at radius 1 is 1.67 bits per heavy atom. The summed E-state index contributed by atoms with van der Waals surface area (Å²) in [5.41, 5.74) is 0.288. The van der Waals surface area contributed by atoms with Gasteiger partial charge in [-0.05, 0) is 12.2 Å². The van der Waals surface area contributed by atoms with Crippen LogP contribution in [-0.4, -0.2) is 34.9 Å². The third-order valence-corrected chi connectivity index (χ3v) is 2.58. The quantitative estimate of drug-likeness (QED) is 0.670. The van der Waals surface area contributed by atoms with Crippen molar-refractivity contribution in [1.82, 2.24) is 5.32 Å². The molecule has 1 atom stereocenters. The molecule has 0 saturated carbocycles. The molecule has 0 aromatic rings. The highest BCUT2D eigenvalue weighted by Gasteiger charge is 2.27. The van der Waals surface area contributed by atoms with Crippen molar-refractivity contribution in [3.8, 4) is 0 Å². The molecule has 0 aromatic heterocycles. The monoisotopic (exact) mass is 222 g/mol. The van der Waals surface area contributed by atoms with Crippen molar-refractivity contribution in [2.24, 2.45) is 10.9 Å². The van der Waals surface area contributed by atoms with Gasteiger partial charge in [-0.15, -0.1) is 0 Å². The van der Waals surface area contributed by atoms with Gasteiger partial charge in [-0.25, -0.2) is 4.79 Å². The van der Waals surface area contributed by atoms with Gasteiger partial charge in [0.15, 0.2) is 0 Å². The first-order valence-electron chi connectivity index (χ1n) is 4.64. The Balaban J connectivity index is 2.30. The number of rotatable bonds is 2. The number of carboxylic acid groups (broad SMARTS) is 1. The topological polar surface area (TPSA) is 61.7 Å². The minimum Gasteiger partial charge on any atom is -0.478 e. The van der Waals surface area contributed by atoms with E-state index < -0.39 is 5.97 Å². The lowest BCUT2D eigenvalue weighted by molar-refractivity contribution is -0.132. The average molecular weight is 222 g/mol. The van der Waals surface area contributed by atoms with Crippen molar-refractivity contribution in [3.63, 3.8) is 0 Å². The van der Waals surface area contributed by atoms with Crippen LogP contribution in [0.25, 0.3) is 0 Å². The van der Waals surface area contributed by atoms with Gasteiger partial charge in [-0.1, -0.05) is 18.3 Å². The van der Waals surface area contributed by atoms with E-state index in [9.17, 15) is 4.79 Å². The molecule has 5 heteroatoms. The number of nitrogens with one attached hydrogen (secondary N) is 1. The summed E-state index contributed by atoms with van der Waals surface area (Å²) in [6, 6.07) is 0. The number of amidine groups is 1. The molecule has 0 amide bonds. The van der Waals surface area contributed by atoms with Crippen molar-refractivity contribution >= 4 is 28.9 Å². The van der Waals surface area contributed by atoms with E-state index in [4.69, 9.17) is 17.3 Å². The second kappa shape index (κ2) is 3.94. The number of aliphatic imine (C=N–C) groups is 1. The van der Waals surface area contributed by atoms with Crippen LogP contribution in [0.4, 0.5) is 0 Å². The van der Waals surface area contributed by atoms with Crippen LogP contribution < -0.4 is 5.32 Å². The molecule has 2 N–H and O–H groups in total. The highest BCUT2D eigenvalue weighted by Crippen LogP contribution is 2.20. The van der Waals surface area contributed by atoms with Crippen molar-refractivity contribution in [2.45, 2.75) is 0 Å². The summed E-state index contributed by atoms with van der Waals surface area (Å²) in [4.78, 5) is 15.8. The van der Waals surface area contributed by atoms with Gasteiger partial charge >= 0.3 is 5.97 Å². The van der Waals surface area contributed by atoms with Crippen LogP contribution in [0.5, 0.6) is 0 Å². The van der Waals surface area contributed by atoms with Gasteiger partial charge in [0.1, 0.15) is 5.84 Å². The smallest absolute Gasteiger partial charge is 0.332 e. The predicted molar refractivity (Wildman–Crippen MR) is 61.3 cm³/mol. The molecule has 1 aliphatic heterocycles. The molecule has 0 saturated heterocycles. The molecule has 0 spiro atoms. The fourth-order valence-electron chi connectivity index (χ4n) is 1.64. The van der Waals surface area contributed by atoms with Crippen LogP contribution >= 0.6 is 12.2 Å². The summed E-state index contributed by atoms with van der Waals surface area (Å²) in [6.45, 7) is 1.48. The highest BCUT2D eigenvalue weighted by atomic mass is 32.1. The molecular formula is C10H10N2O2S. The van der Waals surface area contributed by atoms with E-state index in [-0.39, 0.29) is 11.5 Å². The molecule has 1 aliphatic carbocycles. The first kappa shape index (κ1) is 10.0. The first-order chi connectivity index (χ1) is 7.18. The summed E-state index contributed by atoms with van der Waals surface area (Å²) in [6.07, 6.45) is 5.04. The van der Waals surface area contributed by atoms with Crippen molar-refractivity contribution in [3.05, 3.63) is 23.8 Å². The number of nitrogens with zero attached hydrogens (tertiary/aromatic N) is 1. The largest absolute Gasteiger partial charge is 0.478 e. The third-order valence-electron chi connectivity index (χ3n) is 2.33. The lowest BCUT2D eigenvalue weighted by Gasteiger charge is -2.17. The highest BCUT2D eigenvalue weighted by molar-refractivity contribution is 7.81. The molecule has 0 aromatic carbocycles. The van der Waals surface area contributed by atoms with Gasteiger partial charge in [0.2, 0.25) is 0 Å². The second-order valence-corrected chi connectivity index (χ2v) is 3.81. The standard InChI is InChI=1S/C10H10N2O2S/c13-10(14)8-5-6(15)1-2-7(8)9-11-3-4-12-9/h1-2,5,7H,3-4H2,(H,11,12)(H,13,14). The van der Waals surface area contributed by atoms with Gasteiger partial charge in [-0.3, -0.25) is 4.99 Å².